The van der Waals surface area contributed by atoms with Gasteiger partial charge in [0.25, 0.3) is 0 Å². The van der Waals surface area contributed by atoms with Crippen LogP contribution in [-0.4, -0.2) is 36.6 Å². The minimum Gasteiger partial charge on any atom is -0.314 e. The maximum absolute atomic E-state index is 8.66. The molecule has 1 fully saturated rings. The van der Waals surface area contributed by atoms with Gasteiger partial charge in [0.2, 0.25) is 0 Å². The van der Waals surface area contributed by atoms with Crippen LogP contribution in [0.3, 0.4) is 0 Å². The summed E-state index contributed by atoms with van der Waals surface area (Å²) >= 11 is 0. The first-order valence-electron chi connectivity index (χ1n) is 4.74. The van der Waals surface area contributed by atoms with E-state index in [1.807, 2.05) is 6.08 Å². The molecule has 13 heavy (non-hydrogen) atoms. The van der Waals surface area contributed by atoms with E-state index in [-0.39, 0.29) is 0 Å². The highest BCUT2D eigenvalue weighted by atomic mass is 15.2. The lowest BCUT2D eigenvalue weighted by atomic mass is 10.1. The van der Waals surface area contributed by atoms with E-state index >= 15 is 0 Å². The summed E-state index contributed by atoms with van der Waals surface area (Å²) in [7, 11) is 0. The zero-order chi connectivity index (χ0) is 9.68. The highest BCUT2D eigenvalue weighted by Crippen LogP contribution is 2.12. The van der Waals surface area contributed by atoms with Gasteiger partial charge >= 0.3 is 0 Å². The Morgan fingerprint density at radius 2 is 2.46 bits per heavy atom. The summed E-state index contributed by atoms with van der Waals surface area (Å²) in [4.78, 5) is 2.34. The van der Waals surface area contributed by atoms with Gasteiger partial charge in [0.05, 0.1) is 12.5 Å². The number of nitrogens with zero attached hydrogens (tertiary/aromatic N) is 2. The van der Waals surface area contributed by atoms with Crippen LogP contribution in [0.5, 0.6) is 0 Å². The Morgan fingerprint density at radius 1 is 1.69 bits per heavy atom. The third-order valence-electron chi connectivity index (χ3n) is 2.52. The molecule has 2 unspecified atom stereocenters. The van der Waals surface area contributed by atoms with Gasteiger partial charge < -0.3 is 5.32 Å². The normalized spacial score (nSPS) is 29.5. The molecule has 72 valence electrons. The first-order valence-corrected chi connectivity index (χ1v) is 4.74. The van der Waals surface area contributed by atoms with E-state index in [1.54, 1.807) is 0 Å². The number of hydrogen-bond acceptors (Lipinski definition) is 3. The van der Waals surface area contributed by atoms with Crippen molar-refractivity contribution in [3.05, 3.63) is 12.7 Å². The molecule has 0 spiro atoms. The lowest BCUT2D eigenvalue weighted by Crippen LogP contribution is -2.55. The van der Waals surface area contributed by atoms with E-state index in [0.717, 1.165) is 19.6 Å². The quantitative estimate of drug-likeness (QED) is 0.650. The molecule has 1 aliphatic heterocycles. The van der Waals surface area contributed by atoms with Gasteiger partial charge in [-0.05, 0) is 6.92 Å². The molecule has 1 aliphatic rings. The predicted octanol–water partition coefficient (Wildman–Crippen LogP) is 0.748. The Morgan fingerprint density at radius 3 is 3.08 bits per heavy atom. The second-order valence-corrected chi connectivity index (χ2v) is 3.51. The van der Waals surface area contributed by atoms with Gasteiger partial charge in [-0.15, -0.1) is 6.58 Å². The van der Waals surface area contributed by atoms with Gasteiger partial charge in [0.15, 0.2) is 0 Å². The Balaban J connectivity index is 2.57. The van der Waals surface area contributed by atoms with E-state index in [4.69, 9.17) is 5.26 Å². The Labute approximate surface area is 80.0 Å². The Bertz CT molecular complexity index is 207. The molecule has 1 heterocycles. The fourth-order valence-corrected chi connectivity index (χ4v) is 1.83. The van der Waals surface area contributed by atoms with Gasteiger partial charge in [0.1, 0.15) is 0 Å². The summed E-state index contributed by atoms with van der Waals surface area (Å²) in [5.74, 6) is 0. The largest absolute Gasteiger partial charge is 0.314 e. The van der Waals surface area contributed by atoms with Crippen LogP contribution in [0.2, 0.25) is 0 Å². The van der Waals surface area contributed by atoms with Crippen LogP contribution in [-0.2, 0) is 0 Å². The SMILES string of the molecule is C=CCN1C(C)CNCC1CC#N. The maximum atomic E-state index is 8.66. The average molecular weight is 179 g/mol. The van der Waals surface area contributed by atoms with Gasteiger partial charge in [-0.1, -0.05) is 6.08 Å². The molecule has 3 nitrogen and oxygen atoms in total. The fraction of sp³-hybridized carbons (Fsp3) is 0.700. The van der Waals surface area contributed by atoms with Crippen molar-refractivity contribution >= 4 is 0 Å². The first kappa shape index (κ1) is 10.2. The average Bonchev–Trinajstić information content (AvgIpc) is 2.11. The van der Waals surface area contributed by atoms with Gasteiger partial charge in [-0.2, -0.15) is 5.26 Å². The first-order chi connectivity index (χ1) is 6.29. The van der Waals surface area contributed by atoms with Gasteiger partial charge in [-0.3, -0.25) is 4.90 Å². The number of nitrogens with one attached hydrogen (secondary N) is 1. The molecule has 0 saturated carbocycles. The van der Waals surface area contributed by atoms with Crippen LogP contribution in [0.15, 0.2) is 12.7 Å². The molecule has 1 rings (SSSR count). The third-order valence-corrected chi connectivity index (χ3v) is 2.52. The lowest BCUT2D eigenvalue weighted by Gasteiger charge is -2.39. The van der Waals surface area contributed by atoms with Crippen molar-refractivity contribution in [2.45, 2.75) is 25.4 Å². The summed E-state index contributed by atoms with van der Waals surface area (Å²) < 4.78 is 0. The molecule has 3 heteroatoms. The van der Waals surface area contributed by atoms with Crippen molar-refractivity contribution in [1.29, 1.82) is 5.26 Å². The van der Waals surface area contributed by atoms with Crippen molar-refractivity contribution in [1.82, 2.24) is 10.2 Å². The minimum absolute atomic E-state index is 0.353. The second kappa shape index (κ2) is 5.00. The summed E-state index contributed by atoms with van der Waals surface area (Å²) in [6.45, 7) is 8.74. The van der Waals surface area contributed by atoms with Crippen molar-refractivity contribution in [2.75, 3.05) is 19.6 Å². The summed E-state index contributed by atoms with van der Waals surface area (Å²) in [5, 5.41) is 12.0. The summed E-state index contributed by atoms with van der Waals surface area (Å²) in [6.07, 6.45) is 2.51. The molecule has 0 aromatic heterocycles. The molecule has 0 aliphatic carbocycles. The molecule has 0 radical (unpaired) electrons. The summed E-state index contributed by atoms with van der Waals surface area (Å²) in [6, 6.07) is 3.09. The predicted molar refractivity (Wildman–Crippen MR) is 53.3 cm³/mol. The molecule has 0 aromatic carbocycles. The smallest absolute Gasteiger partial charge is 0.0638 e. The molecule has 2 atom stereocenters. The molecular formula is C10H17N3. The van der Waals surface area contributed by atoms with Crippen LogP contribution < -0.4 is 5.32 Å². The van der Waals surface area contributed by atoms with Crippen LogP contribution in [0.1, 0.15) is 13.3 Å². The van der Waals surface area contributed by atoms with Crippen molar-refractivity contribution in [3.63, 3.8) is 0 Å². The van der Waals surface area contributed by atoms with Crippen LogP contribution in [0.4, 0.5) is 0 Å². The van der Waals surface area contributed by atoms with Gasteiger partial charge in [0, 0.05) is 31.7 Å². The molecule has 0 bridgehead atoms. The van der Waals surface area contributed by atoms with Crippen LogP contribution in [0.25, 0.3) is 0 Å². The van der Waals surface area contributed by atoms with Crippen molar-refractivity contribution in [2.24, 2.45) is 0 Å². The number of rotatable bonds is 3. The monoisotopic (exact) mass is 179 g/mol. The van der Waals surface area contributed by atoms with Crippen molar-refractivity contribution in [3.8, 4) is 6.07 Å². The molecule has 0 amide bonds. The fourth-order valence-electron chi connectivity index (χ4n) is 1.83. The second-order valence-electron chi connectivity index (χ2n) is 3.51. The third kappa shape index (κ3) is 2.55. The zero-order valence-electron chi connectivity index (χ0n) is 8.16. The zero-order valence-corrected chi connectivity index (χ0v) is 8.16. The maximum Gasteiger partial charge on any atom is 0.0638 e. The van der Waals surface area contributed by atoms with Crippen molar-refractivity contribution < 1.29 is 0 Å². The summed E-state index contributed by atoms with van der Waals surface area (Å²) in [5.41, 5.74) is 0. The molecule has 1 saturated heterocycles. The molecule has 0 aromatic rings. The van der Waals surface area contributed by atoms with E-state index in [9.17, 15) is 0 Å². The standard InChI is InChI=1S/C10H17N3/c1-3-6-13-9(2)7-12-8-10(13)4-5-11/h3,9-10,12H,1,4,6-8H2,2H3. The number of piperazine rings is 1. The van der Waals surface area contributed by atoms with E-state index in [0.29, 0.717) is 18.5 Å². The topological polar surface area (TPSA) is 39.1 Å². The molecular weight excluding hydrogens is 162 g/mol. The van der Waals surface area contributed by atoms with E-state index in [2.05, 4.69) is 29.8 Å². The molecule has 1 N–H and O–H groups in total. The highest BCUT2D eigenvalue weighted by molar-refractivity contribution is 4.93. The van der Waals surface area contributed by atoms with Crippen LogP contribution >= 0.6 is 0 Å². The lowest BCUT2D eigenvalue weighted by molar-refractivity contribution is 0.124. The Kier molecular flexibility index (Phi) is 3.94. The van der Waals surface area contributed by atoms with E-state index < -0.39 is 0 Å². The number of nitriles is 1. The highest BCUT2D eigenvalue weighted by Gasteiger charge is 2.25. The number of hydrogen-bond donors (Lipinski definition) is 1. The van der Waals surface area contributed by atoms with Crippen LogP contribution in [0, 0.1) is 11.3 Å². The minimum atomic E-state index is 0.353. The van der Waals surface area contributed by atoms with Gasteiger partial charge in [-0.25, -0.2) is 0 Å². The van der Waals surface area contributed by atoms with E-state index in [1.165, 1.54) is 0 Å². The Hall–Kier alpha value is -0.850.